The zero-order chi connectivity index (χ0) is 19.8. The van der Waals surface area contributed by atoms with E-state index in [2.05, 4.69) is 42.3 Å². The molecule has 0 spiro atoms. The van der Waals surface area contributed by atoms with Crippen LogP contribution in [0.4, 0.5) is 0 Å². The van der Waals surface area contributed by atoms with Crippen molar-refractivity contribution in [3.63, 3.8) is 0 Å². The molecule has 0 heterocycles. The van der Waals surface area contributed by atoms with Crippen molar-refractivity contribution in [3.8, 4) is 5.75 Å². The van der Waals surface area contributed by atoms with Crippen molar-refractivity contribution in [1.29, 1.82) is 0 Å². The number of para-hydroxylation sites is 1. The summed E-state index contributed by atoms with van der Waals surface area (Å²) >= 11 is 6.77. The zero-order valence-corrected chi connectivity index (χ0v) is 18.4. The van der Waals surface area contributed by atoms with E-state index in [9.17, 15) is 4.79 Å². The lowest BCUT2D eigenvalue weighted by atomic mass is 10.0. The third-order valence-electron chi connectivity index (χ3n) is 3.78. The number of carbonyl (C=O) groups is 1. The number of oxime groups is 1. The molecule has 0 aliphatic heterocycles. The van der Waals surface area contributed by atoms with Crippen LogP contribution in [0.2, 0.25) is 0 Å². The van der Waals surface area contributed by atoms with Gasteiger partial charge in [0.25, 0.3) is 5.91 Å². The Hall–Kier alpha value is -2.12. The van der Waals surface area contributed by atoms with Gasteiger partial charge in [0.2, 0.25) is 0 Å². The lowest BCUT2D eigenvalue weighted by molar-refractivity contribution is -0.114. The Morgan fingerprint density at radius 3 is 2.59 bits per heavy atom. The van der Waals surface area contributed by atoms with Crippen LogP contribution in [-0.2, 0) is 16.2 Å². The van der Waals surface area contributed by atoms with E-state index in [1.165, 1.54) is 7.11 Å². The van der Waals surface area contributed by atoms with E-state index in [1.54, 1.807) is 7.05 Å². The van der Waals surface area contributed by atoms with Crippen LogP contribution in [0, 0.1) is 6.92 Å². The molecule has 0 aliphatic carbocycles. The molecule has 0 saturated heterocycles. The van der Waals surface area contributed by atoms with Gasteiger partial charge in [-0.3, -0.25) is 4.79 Å². The number of aryl methyl sites for hydroxylation is 1. The molecule has 142 valence electrons. The van der Waals surface area contributed by atoms with Crippen LogP contribution in [-0.4, -0.2) is 25.8 Å². The number of hydrogen-bond donors (Lipinski definition) is 1. The largest absolute Gasteiger partial charge is 0.488 e. The van der Waals surface area contributed by atoms with Crippen LogP contribution in [0.1, 0.15) is 22.3 Å². The lowest BCUT2D eigenvalue weighted by Crippen LogP contribution is -2.29. The van der Waals surface area contributed by atoms with E-state index in [4.69, 9.17) is 9.57 Å². The van der Waals surface area contributed by atoms with Crippen LogP contribution >= 0.6 is 31.9 Å². The van der Waals surface area contributed by atoms with E-state index in [0.717, 1.165) is 25.8 Å². The first-order chi connectivity index (χ1) is 13.0. The highest BCUT2D eigenvalue weighted by Gasteiger charge is 2.18. The van der Waals surface area contributed by atoms with E-state index in [1.807, 2.05) is 55.5 Å². The second-order valence-electron chi connectivity index (χ2n) is 5.57. The molecule has 2 aromatic carbocycles. The molecule has 2 aromatic rings. The zero-order valence-electron chi connectivity index (χ0n) is 15.3. The first-order valence-electron chi connectivity index (χ1n) is 8.14. The molecule has 0 bridgehead atoms. The number of likely N-dealkylation sites (N-methyl/N-ethyl adjacent to an activating group) is 1. The fourth-order valence-corrected chi connectivity index (χ4v) is 3.05. The number of nitrogens with zero attached hydrogens (tertiary/aromatic N) is 1. The molecule has 1 amide bonds. The van der Waals surface area contributed by atoms with Gasteiger partial charge >= 0.3 is 0 Å². The standard InChI is InChI=1S/C20H20Br2N2O3/c1-13-7-6-9-14(11-17(21)22)19(13)27-12-15-8-4-5-10-16(15)18(24-26-3)20(25)23-2/h4-11H,12H2,1-3H3,(H,23,25). The van der Waals surface area contributed by atoms with Gasteiger partial charge in [0.1, 0.15) is 19.5 Å². The van der Waals surface area contributed by atoms with Crippen molar-refractivity contribution in [3.05, 3.63) is 68.1 Å². The molecular formula is C20H20Br2N2O3. The van der Waals surface area contributed by atoms with Gasteiger partial charge in [-0.2, -0.15) is 0 Å². The van der Waals surface area contributed by atoms with Gasteiger partial charge in [0.05, 0.1) is 3.39 Å². The fourth-order valence-electron chi connectivity index (χ4n) is 2.55. The van der Waals surface area contributed by atoms with E-state index < -0.39 is 0 Å². The molecule has 0 fully saturated rings. The number of rotatable bonds is 7. The first kappa shape index (κ1) is 21.2. The number of halogens is 2. The Labute approximate surface area is 175 Å². The number of benzene rings is 2. The Morgan fingerprint density at radius 1 is 1.19 bits per heavy atom. The molecule has 2 rings (SSSR count). The maximum atomic E-state index is 12.2. The number of nitrogens with one attached hydrogen (secondary N) is 1. The quantitative estimate of drug-likeness (QED) is 0.445. The minimum Gasteiger partial charge on any atom is -0.488 e. The minimum atomic E-state index is -0.327. The van der Waals surface area contributed by atoms with Crippen molar-refractivity contribution in [2.45, 2.75) is 13.5 Å². The molecule has 1 N–H and O–H groups in total. The van der Waals surface area contributed by atoms with Gasteiger partial charge < -0.3 is 14.9 Å². The molecule has 0 radical (unpaired) electrons. The number of carbonyl (C=O) groups excluding carboxylic acids is 1. The van der Waals surface area contributed by atoms with Crippen LogP contribution in [0.3, 0.4) is 0 Å². The third-order valence-corrected chi connectivity index (χ3v) is 4.23. The first-order valence-corrected chi connectivity index (χ1v) is 9.73. The molecule has 27 heavy (non-hydrogen) atoms. The van der Waals surface area contributed by atoms with Gasteiger partial charge in [-0.1, -0.05) is 47.6 Å². The topological polar surface area (TPSA) is 59.9 Å². The highest BCUT2D eigenvalue weighted by Crippen LogP contribution is 2.29. The van der Waals surface area contributed by atoms with Gasteiger partial charge in [-0.25, -0.2) is 0 Å². The molecule has 0 aliphatic rings. The summed E-state index contributed by atoms with van der Waals surface area (Å²) in [6, 6.07) is 13.4. The third kappa shape index (κ3) is 5.68. The van der Waals surface area contributed by atoms with Gasteiger partial charge in [-0.15, -0.1) is 0 Å². The predicted octanol–water partition coefficient (Wildman–Crippen LogP) is 4.76. The molecule has 5 nitrogen and oxygen atoms in total. The van der Waals surface area contributed by atoms with Gasteiger partial charge in [0.15, 0.2) is 5.71 Å². The maximum absolute atomic E-state index is 12.2. The van der Waals surface area contributed by atoms with Crippen molar-refractivity contribution in [1.82, 2.24) is 5.32 Å². The van der Waals surface area contributed by atoms with Crippen LogP contribution in [0.25, 0.3) is 6.08 Å². The minimum absolute atomic E-state index is 0.201. The summed E-state index contributed by atoms with van der Waals surface area (Å²) in [5.41, 5.74) is 3.64. The van der Waals surface area contributed by atoms with E-state index >= 15 is 0 Å². The predicted molar refractivity (Wildman–Crippen MR) is 115 cm³/mol. The summed E-state index contributed by atoms with van der Waals surface area (Å²) in [5.74, 6) is 0.445. The molecule has 0 aromatic heterocycles. The van der Waals surface area contributed by atoms with Crippen LogP contribution < -0.4 is 10.1 Å². The summed E-state index contributed by atoms with van der Waals surface area (Å²) in [6.45, 7) is 2.27. The molecule has 0 atom stereocenters. The summed E-state index contributed by atoms with van der Waals surface area (Å²) in [6.07, 6.45) is 1.93. The Balaban J connectivity index is 2.37. The van der Waals surface area contributed by atoms with Crippen molar-refractivity contribution < 1.29 is 14.4 Å². The second kappa shape index (κ2) is 10.3. The normalized spacial score (nSPS) is 10.9. The van der Waals surface area contributed by atoms with E-state index in [-0.39, 0.29) is 18.2 Å². The molecule has 7 heteroatoms. The summed E-state index contributed by atoms with van der Waals surface area (Å²) < 4.78 is 6.94. The summed E-state index contributed by atoms with van der Waals surface area (Å²) in [7, 11) is 2.96. The van der Waals surface area contributed by atoms with Crippen LogP contribution in [0.15, 0.2) is 51.0 Å². The van der Waals surface area contributed by atoms with Crippen molar-refractivity contribution in [2.24, 2.45) is 5.16 Å². The van der Waals surface area contributed by atoms with Gasteiger partial charge in [0, 0.05) is 18.2 Å². The van der Waals surface area contributed by atoms with Crippen molar-refractivity contribution >= 4 is 49.6 Å². The van der Waals surface area contributed by atoms with Gasteiger partial charge in [-0.05, 0) is 56.0 Å². The SMILES string of the molecule is CNC(=O)C(=NOC)c1ccccc1COc1c(C)cccc1C=C(Br)Br. The average Bonchev–Trinajstić information content (AvgIpc) is 2.65. The maximum Gasteiger partial charge on any atom is 0.273 e. The average molecular weight is 496 g/mol. The fraction of sp³-hybridized carbons (Fsp3) is 0.200. The highest BCUT2D eigenvalue weighted by atomic mass is 79.9. The summed E-state index contributed by atoms with van der Waals surface area (Å²) in [5, 5.41) is 6.46. The smallest absolute Gasteiger partial charge is 0.273 e. The Morgan fingerprint density at radius 2 is 1.93 bits per heavy atom. The highest BCUT2D eigenvalue weighted by molar-refractivity contribution is 9.28. The monoisotopic (exact) mass is 494 g/mol. The number of amides is 1. The molecule has 0 saturated carbocycles. The number of ether oxygens (including phenoxy) is 1. The van der Waals surface area contributed by atoms with Crippen molar-refractivity contribution in [2.75, 3.05) is 14.2 Å². The Bertz CT molecular complexity index is 875. The second-order valence-corrected chi connectivity index (χ2v) is 8.35. The number of hydrogen-bond acceptors (Lipinski definition) is 4. The lowest BCUT2D eigenvalue weighted by Gasteiger charge is -2.15. The molecular weight excluding hydrogens is 476 g/mol. The van der Waals surface area contributed by atoms with E-state index in [0.29, 0.717) is 5.56 Å². The van der Waals surface area contributed by atoms with Crippen LogP contribution in [0.5, 0.6) is 5.75 Å². The molecule has 0 unspecified atom stereocenters. The summed E-state index contributed by atoms with van der Waals surface area (Å²) in [4.78, 5) is 17.0. The Kier molecular flexibility index (Phi) is 8.06.